The molecule has 0 radical (unpaired) electrons. The average molecular weight is 244 g/mol. The largest absolute Gasteiger partial charge is 0.378 e. The molecule has 2 rings (SSSR count). The number of amides is 1. The first-order chi connectivity index (χ1) is 8.70. The molecule has 0 unspecified atom stereocenters. The van der Waals surface area contributed by atoms with Crippen LogP contribution in [0, 0.1) is 0 Å². The van der Waals surface area contributed by atoms with Crippen LogP contribution in [0.15, 0.2) is 36.7 Å². The standard InChI is InChI=1S/C13H16N4O/c1-2-17-7-6-15-12(17)9-16-11-5-3-4-10(8-11)13(14)18/h3-8,16H,2,9H2,1H3,(H2,14,18). The van der Waals surface area contributed by atoms with E-state index < -0.39 is 5.91 Å². The fraction of sp³-hybridized carbons (Fsp3) is 0.231. The van der Waals surface area contributed by atoms with Crippen molar-refractivity contribution in [3.05, 3.63) is 48.0 Å². The summed E-state index contributed by atoms with van der Waals surface area (Å²) in [6.45, 7) is 3.57. The molecule has 0 spiro atoms. The van der Waals surface area contributed by atoms with Crippen LogP contribution < -0.4 is 11.1 Å². The summed E-state index contributed by atoms with van der Waals surface area (Å²) in [5.74, 6) is 0.538. The van der Waals surface area contributed by atoms with Crippen molar-refractivity contribution >= 4 is 11.6 Å². The van der Waals surface area contributed by atoms with Crippen molar-refractivity contribution in [3.63, 3.8) is 0 Å². The molecule has 18 heavy (non-hydrogen) atoms. The lowest BCUT2D eigenvalue weighted by atomic mass is 10.2. The van der Waals surface area contributed by atoms with Crippen molar-refractivity contribution in [2.75, 3.05) is 5.32 Å². The van der Waals surface area contributed by atoms with E-state index in [0.717, 1.165) is 18.1 Å². The third-order valence-electron chi connectivity index (χ3n) is 2.74. The Morgan fingerprint density at radius 3 is 3.06 bits per heavy atom. The number of hydrogen-bond donors (Lipinski definition) is 2. The number of hydrogen-bond acceptors (Lipinski definition) is 3. The number of nitrogens with one attached hydrogen (secondary N) is 1. The summed E-state index contributed by atoms with van der Waals surface area (Å²) >= 11 is 0. The molecule has 5 heteroatoms. The zero-order valence-electron chi connectivity index (χ0n) is 10.3. The highest BCUT2D eigenvalue weighted by molar-refractivity contribution is 5.93. The highest BCUT2D eigenvalue weighted by atomic mass is 16.1. The molecule has 0 aliphatic rings. The molecule has 0 aliphatic carbocycles. The third kappa shape index (κ3) is 2.68. The number of primary amides is 1. The number of carbonyl (C=O) groups excluding carboxylic acids is 1. The Bertz CT molecular complexity index is 547. The maximum atomic E-state index is 11.1. The molecule has 0 atom stereocenters. The smallest absolute Gasteiger partial charge is 0.248 e. The molecule has 2 aromatic rings. The molecular weight excluding hydrogens is 228 g/mol. The number of carbonyl (C=O) groups is 1. The molecule has 0 fully saturated rings. The van der Waals surface area contributed by atoms with Crippen molar-refractivity contribution in [2.24, 2.45) is 5.73 Å². The van der Waals surface area contributed by atoms with E-state index in [4.69, 9.17) is 5.73 Å². The van der Waals surface area contributed by atoms with Gasteiger partial charge in [-0.05, 0) is 25.1 Å². The van der Waals surface area contributed by atoms with E-state index in [1.54, 1.807) is 24.4 Å². The number of nitrogens with two attached hydrogens (primary N) is 1. The minimum absolute atomic E-state index is 0.422. The topological polar surface area (TPSA) is 72.9 Å². The summed E-state index contributed by atoms with van der Waals surface area (Å²) in [4.78, 5) is 15.3. The summed E-state index contributed by atoms with van der Waals surface area (Å²) in [6.07, 6.45) is 3.72. The van der Waals surface area contributed by atoms with Crippen molar-refractivity contribution in [1.29, 1.82) is 0 Å². The molecule has 0 bridgehead atoms. The van der Waals surface area contributed by atoms with Gasteiger partial charge in [-0.2, -0.15) is 0 Å². The molecule has 94 valence electrons. The molecule has 1 aromatic heterocycles. The Morgan fingerprint density at radius 1 is 1.50 bits per heavy atom. The van der Waals surface area contributed by atoms with Crippen molar-refractivity contribution in [3.8, 4) is 0 Å². The van der Waals surface area contributed by atoms with Gasteiger partial charge in [-0.3, -0.25) is 4.79 Å². The monoisotopic (exact) mass is 244 g/mol. The van der Waals surface area contributed by atoms with E-state index in [9.17, 15) is 4.79 Å². The van der Waals surface area contributed by atoms with E-state index in [0.29, 0.717) is 12.1 Å². The second-order valence-corrected chi connectivity index (χ2v) is 3.93. The predicted molar refractivity (Wildman–Crippen MR) is 70.2 cm³/mol. The van der Waals surface area contributed by atoms with Gasteiger partial charge in [0.15, 0.2) is 0 Å². The maximum absolute atomic E-state index is 11.1. The van der Waals surface area contributed by atoms with Gasteiger partial charge >= 0.3 is 0 Å². The van der Waals surface area contributed by atoms with Crippen LogP contribution in [-0.2, 0) is 13.1 Å². The first kappa shape index (κ1) is 12.2. The number of aryl methyl sites for hydroxylation is 1. The van der Waals surface area contributed by atoms with Gasteiger partial charge in [-0.15, -0.1) is 0 Å². The second-order valence-electron chi connectivity index (χ2n) is 3.93. The lowest BCUT2D eigenvalue weighted by molar-refractivity contribution is 0.100. The number of rotatable bonds is 5. The fourth-order valence-electron chi connectivity index (χ4n) is 1.76. The maximum Gasteiger partial charge on any atom is 0.248 e. The van der Waals surface area contributed by atoms with Crippen LogP contribution in [0.3, 0.4) is 0 Å². The van der Waals surface area contributed by atoms with Gasteiger partial charge in [-0.25, -0.2) is 4.98 Å². The predicted octanol–water partition coefficient (Wildman–Crippen LogP) is 1.61. The molecule has 1 aromatic carbocycles. The van der Waals surface area contributed by atoms with Gasteiger partial charge in [0, 0.05) is 30.2 Å². The average Bonchev–Trinajstić information content (AvgIpc) is 2.84. The van der Waals surface area contributed by atoms with Gasteiger partial charge in [0.1, 0.15) is 5.82 Å². The van der Waals surface area contributed by atoms with Gasteiger partial charge in [0.2, 0.25) is 5.91 Å². The quantitative estimate of drug-likeness (QED) is 0.839. The van der Waals surface area contributed by atoms with Gasteiger partial charge in [0.05, 0.1) is 6.54 Å². The van der Waals surface area contributed by atoms with Crippen molar-refractivity contribution in [2.45, 2.75) is 20.0 Å². The number of imidazole rings is 1. The van der Waals surface area contributed by atoms with Crippen LogP contribution in [0.2, 0.25) is 0 Å². The molecule has 1 heterocycles. The van der Waals surface area contributed by atoms with Crippen LogP contribution in [0.5, 0.6) is 0 Å². The zero-order valence-corrected chi connectivity index (χ0v) is 10.3. The van der Waals surface area contributed by atoms with Crippen LogP contribution in [0.4, 0.5) is 5.69 Å². The SMILES string of the molecule is CCn1ccnc1CNc1cccc(C(N)=O)c1. The molecule has 0 aliphatic heterocycles. The van der Waals surface area contributed by atoms with E-state index in [1.165, 1.54) is 0 Å². The summed E-state index contributed by atoms with van der Waals surface area (Å²) in [5.41, 5.74) is 6.59. The van der Waals surface area contributed by atoms with Crippen LogP contribution in [-0.4, -0.2) is 15.5 Å². The first-order valence-electron chi connectivity index (χ1n) is 5.84. The summed E-state index contributed by atoms with van der Waals surface area (Å²) in [7, 11) is 0. The number of aromatic nitrogens is 2. The lowest BCUT2D eigenvalue weighted by Crippen LogP contribution is -2.12. The number of anilines is 1. The first-order valence-corrected chi connectivity index (χ1v) is 5.84. The molecule has 0 saturated heterocycles. The Hall–Kier alpha value is -2.30. The summed E-state index contributed by atoms with van der Waals surface area (Å²) in [6, 6.07) is 7.13. The molecule has 5 nitrogen and oxygen atoms in total. The molecule has 0 saturated carbocycles. The highest BCUT2D eigenvalue weighted by Gasteiger charge is 2.03. The number of nitrogens with zero attached hydrogens (tertiary/aromatic N) is 2. The minimum atomic E-state index is -0.422. The van der Waals surface area contributed by atoms with Crippen molar-refractivity contribution < 1.29 is 4.79 Å². The van der Waals surface area contributed by atoms with Crippen molar-refractivity contribution in [1.82, 2.24) is 9.55 Å². The second kappa shape index (κ2) is 5.35. The lowest BCUT2D eigenvalue weighted by Gasteiger charge is -2.08. The normalized spacial score (nSPS) is 10.3. The fourth-order valence-corrected chi connectivity index (χ4v) is 1.76. The molecular formula is C13H16N4O. The molecule has 3 N–H and O–H groups in total. The van der Waals surface area contributed by atoms with Crippen LogP contribution in [0.1, 0.15) is 23.1 Å². The van der Waals surface area contributed by atoms with E-state index in [1.807, 2.05) is 12.3 Å². The Kier molecular flexibility index (Phi) is 3.62. The van der Waals surface area contributed by atoms with E-state index >= 15 is 0 Å². The van der Waals surface area contributed by atoms with Gasteiger partial charge in [0.25, 0.3) is 0 Å². The summed E-state index contributed by atoms with van der Waals surface area (Å²) in [5, 5.41) is 3.23. The highest BCUT2D eigenvalue weighted by Crippen LogP contribution is 2.11. The Labute approximate surface area is 106 Å². The van der Waals surface area contributed by atoms with E-state index in [2.05, 4.69) is 21.8 Å². The minimum Gasteiger partial charge on any atom is -0.378 e. The van der Waals surface area contributed by atoms with Crippen LogP contribution in [0.25, 0.3) is 0 Å². The molecule has 1 amide bonds. The Morgan fingerprint density at radius 2 is 2.33 bits per heavy atom. The van der Waals surface area contributed by atoms with Gasteiger partial charge in [-0.1, -0.05) is 6.07 Å². The van der Waals surface area contributed by atoms with Gasteiger partial charge < -0.3 is 15.6 Å². The van der Waals surface area contributed by atoms with Crippen LogP contribution >= 0.6 is 0 Å². The van der Waals surface area contributed by atoms with E-state index in [-0.39, 0.29) is 0 Å². The zero-order chi connectivity index (χ0) is 13.0. The Balaban J connectivity index is 2.06. The summed E-state index contributed by atoms with van der Waals surface area (Å²) < 4.78 is 2.06. The number of benzene rings is 1. The third-order valence-corrected chi connectivity index (χ3v) is 2.74.